The van der Waals surface area contributed by atoms with Crippen LogP contribution in [0.15, 0.2) is 35.7 Å². The number of amides is 1. The molecule has 2 aromatic rings. The molecule has 1 aliphatic rings. The minimum Gasteiger partial charge on any atom is -0.491 e. The van der Waals surface area contributed by atoms with Crippen molar-refractivity contribution in [2.24, 2.45) is 0 Å². The highest BCUT2D eigenvalue weighted by atomic mass is 32.1. The first kappa shape index (κ1) is 27.7. The van der Waals surface area contributed by atoms with Crippen LogP contribution in [-0.4, -0.2) is 72.4 Å². The Morgan fingerprint density at radius 2 is 1.94 bits per heavy atom. The number of fused-ring (bicyclic) bond motifs is 1. The van der Waals surface area contributed by atoms with Gasteiger partial charge in [-0.05, 0) is 73.9 Å². The minimum atomic E-state index is -0.616. The van der Waals surface area contributed by atoms with Gasteiger partial charge in [0.25, 0.3) is 0 Å². The molecule has 1 aromatic carbocycles. The summed E-state index contributed by atoms with van der Waals surface area (Å²) in [6.07, 6.45) is 1.24. The molecule has 0 aliphatic carbocycles. The molecular weight excluding hydrogens is 460 g/mol. The van der Waals surface area contributed by atoms with E-state index in [0.29, 0.717) is 25.6 Å². The number of hydrogen-bond donors (Lipinski definition) is 1. The van der Waals surface area contributed by atoms with E-state index in [0.717, 1.165) is 25.1 Å². The van der Waals surface area contributed by atoms with Crippen LogP contribution in [0.3, 0.4) is 0 Å². The van der Waals surface area contributed by atoms with E-state index < -0.39 is 6.10 Å². The predicted molar refractivity (Wildman–Crippen MR) is 142 cm³/mol. The van der Waals surface area contributed by atoms with Crippen LogP contribution in [0.1, 0.15) is 69.0 Å². The normalized spacial score (nSPS) is 16.7. The van der Waals surface area contributed by atoms with Crippen molar-refractivity contribution in [3.05, 3.63) is 51.7 Å². The van der Waals surface area contributed by atoms with E-state index in [2.05, 4.69) is 44.4 Å². The number of carbonyl (C=O) groups excluding carboxylic acids is 1. The van der Waals surface area contributed by atoms with E-state index in [1.807, 2.05) is 35.8 Å². The average molecular weight is 503 g/mol. The van der Waals surface area contributed by atoms with Crippen molar-refractivity contribution in [3.8, 4) is 5.75 Å². The van der Waals surface area contributed by atoms with Gasteiger partial charge >= 0.3 is 0 Å². The molecule has 0 bridgehead atoms. The lowest BCUT2D eigenvalue weighted by molar-refractivity contribution is -0.136. The summed E-state index contributed by atoms with van der Waals surface area (Å²) < 4.78 is 11.8. The van der Waals surface area contributed by atoms with Crippen LogP contribution in [0.4, 0.5) is 0 Å². The van der Waals surface area contributed by atoms with E-state index >= 15 is 0 Å². The van der Waals surface area contributed by atoms with E-state index in [1.54, 1.807) is 11.3 Å². The first-order valence-electron chi connectivity index (χ1n) is 12.9. The summed E-state index contributed by atoms with van der Waals surface area (Å²) in [4.78, 5) is 18.9. The molecule has 2 heterocycles. The maximum Gasteiger partial charge on any atom is 0.237 e. The number of ether oxygens (including phenoxy) is 2. The van der Waals surface area contributed by atoms with Crippen molar-refractivity contribution in [1.29, 1.82) is 0 Å². The lowest BCUT2D eigenvalue weighted by Crippen LogP contribution is -2.48. The summed E-state index contributed by atoms with van der Waals surface area (Å²) in [5, 5.41) is 12.5. The van der Waals surface area contributed by atoms with E-state index in [1.165, 1.54) is 16.0 Å². The average Bonchev–Trinajstić information content (AvgIpc) is 3.30. The number of thiophene rings is 1. The zero-order valence-electron chi connectivity index (χ0n) is 21.9. The summed E-state index contributed by atoms with van der Waals surface area (Å²) in [5.74, 6) is 1.38. The van der Waals surface area contributed by atoms with Gasteiger partial charge in [0.2, 0.25) is 5.91 Å². The van der Waals surface area contributed by atoms with Gasteiger partial charge in [0.15, 0.2) is 0 Å². The molecule has 2 atom stereocenters. The number of nitrogens with zero attached hydrogens (tertiary/aromatic N) is 2. The molecule has 35 heavy (non-hydrogen) atoms. The molecule has 0 saturated carbocycles. The van der Waals surface area contributed by atoms with Crippen molar-refractivity contribution in [2.75, 3.05) is 39.4 Å². The van der Waals surface area contributed by atoms with Crippen LogP contribution in [0, 0.1) is 0 Å². The lowest BCUT2D eigenvalue weighted by atomic mass is 10.00. The Balaban J connectivity index is 1.67. The standard InChI is InChI=1S/C28H42N2O4S/c1-6-13-29(16-23(31)18-33-21(4)5)17-28(32)30-14-11-27-25(12-15-35-27)26(30)19-34-24-9-7-22(8-10-24)20(2)3/h7-10,12,15,20-21,23,26,31H,6,11,13-14,16-19H2,1-5H3. The third-order valence-electron chi connectivity index (χ3n) is 6.36. The highest BCUT2D eigenvalue weighted by Gasteiger charge is 2.33. The van der Waals surface area contributed by atoms with Crippen molar-refractivity contribution in [3.63, 3.8) is 0 Å². The molecule has 3 rings (SSSR count). The second kappa shape index (κ2) is 13.4. The van der Waals surface area contributed by atoms with E-state index in [9.17, 15) is 9.90 Å². The molecule has 0 spiro atoms. The maximum atomic E-state index is 13.5. The predicted octanol–water partition coefficient (Wildman–Crippen LogP) is 4.87. The van der Waals surface area contributed by atoms with Gasteiger partial charge in [-0.25, -0.2) is 0 Å². The van der Waals surface area contributed by atoms with Gasteiger partial charge < -0.3 is 19.5 Å². The smallest absolute Gasteiger partial charge is 0.237 e. The number of aliphatic hydroxyl groups excluding tert-OH is 1. The summed E-state index contributed by atoms with van der Waals surface area (Å²) in [6, 6.07) is 10.3. The fraction of sp³-hybridized carbons (Fsp3) is 0.607. The Morgan fingerprint density at radius 1 is 1.20 bits per heavy atom. The number of aliphatic hydroxyl groups is 1. The van der Waals surface area contributed by atoms with Crippen LogP contribution in [-0.2, 0) is 16.0 Å². The Morgan fingerprint density at radius 3 is 2.60 bits per heavy atom. The Kier molecular flexibility index (Phi) is 10.6. The second-order valence-electron chi connectivity index (χ2n) is 9.96. The topological polar surface area (TPSA) is 62.2 Å². The van der Waals surface area contributed by atoms with E-state index in [4.69, 9.17) is 9.47 Å². The van der Waals surface area contributed by atoms with Gasteiger partial charge in [-0.2, -0.15) is 0 Å². The molecule has 1 aromatic heterocycles. The van der Waals surface area contributed by atoms with Crippen molar-refractivity contribution in [2.45, 2.75) is 71.6 Å². The largest absolute Gasteiger partial charge is 0.491 e. The van der Waals surface area contributed by atoms with Crippen LogP contribution >= 0.6 is 11.3 Å². The van der Waals surface area contributed by atoms with Crippen LogP contribution in [0.2, 0.25) is 0 Å². The quantitative estimate of drug-likeness (QED) is 0.423. The molecule has 1 aliphatic heterocycles. The Hall–Kier alpha value is -1.93. The Labute approximate surface area is 214 Å². The maximum absolute atomic E-state index is 13.5. The van der Waals surface area contributed by atoms with Crippen molar-refractivity contribution in [1.82, 2.24) is 9.80 Å². The molecule has 0 fully saturated rings. The van der Waals surface area contributed by atoms with Gasteiger partial charge in [-0.3, -0.25) is 9.69 Å². The zero-order valence-corrected chi connectivity index (χ0v) is 22.7. The number of rotatable bonds is 13. The first-order valence-corrected chi connectivity index (χ1v) is 13.8. The highest BCUT2D eigenvalue weighted by molar-refractivity contribution is 7.10. The molecule has 194 valence electrons. The van der Waals surface area contributed by atoms with Gasteiger partial charge in [-0.1, -0.05) is 32.9 Å². The van der Waals surface area contributed by atoms with Crippen LogP contribution in [0.25, 0.3) is 0 Å². The number of hydrogen-bond acceptors (Lipinski definition) is 6. The third kappa shape index (κ3) is 8.04. The van der Waals surface area contributed by atoms with Crippen molar-refractivity contribution >= 4 is 17.2 Å². The molecule has 6 nitrogen and oxygen atoms in total. The van der Waals surface area contributed by atoms with Gasteiger partial charge in [0, 0.05) is 18.0 Å². The van der Waals surface area contributed by atoms with Gasteiger partial charge in [0.05, 0.1) is 31.4 Å². The molecule has 0 radical (unpaired) electrons. The fourth-order valence-electron chi connectivity index (χ4n) is 4.49. The Bertz CT molecular complexity index is 912. The first-order chi connectivity index (χ1) is 16.8. The summed E-state index contributed by atoms with van der Waals surface area (Å²) >= 11 is 1.76. The minimum absolute atomic E-state index is 0.0707. The fourth-order valence-corrected chi connectivity index (χ4v) is 5.41. The molecular formula is C28H42N2O4S. The zero-order chi connectivity index (χ0) is 25.4. The van der Waals surface area contributed by atoms with Gasteiger partial charge in [-0.15, -0.1) is 11.3 Å². The summed E-state index contributed by atoms with van der Waals surface area (Å²) in [7, 11) is 0. The number of benzene rings is 1. The number of carbonyl (C=O) groups is 1. The molecule has 7 heteroatoms. The summed E-state index contributed by atoms with van der Waals surface area (Å²) in [6.45, 7) is 13.2. The monoisotopic (exact) mass is 502 g/mol. The summed E-state index contributed by atoms with van der Waals surface area (Å²) in [5.41, 5.74) is 2.48. The van der Waals surface area contributed by atoms with E-state index in [-0.39, 0.29) is 31.2 Å². The SMILES string of the molecule is CCCN(CC(=O)N1CCc2sccc2C1COc1ccc(C(C)C)cc1)CC(O)COC(C)C. The lowest BCUT2D eigenvalue weighted by Gasteiger charge is -2.37. The molecule has 0 saturated heterocycles. The highest BCUT2D eigenvalue weighted by Crippen LogP contribution is 2.34. The molecule has 2 unspecified atom stereocenters. The van der Waals surface area contributed by atoms with Gasteiger partial charge in [0.1, 0.15) is 12.4 Å². The molecule has 1 N–H and O–H groups in total. The van der Waals surface area contributed by atoms with Crippen LogP contribution < -0.4 is 4.74 Å². The van der Waals surface area contributed by atoms with Crippen molar-refractivity contribution < 1.29 is 19.4 Å². The van der Waals surface area contributed by atoms with Crippen LogP contribution in [0.5, 0.6) is 5.75 Å². The molecule has 1 amide bonds. The third-order valence-corrected chi connectivity index (χ3v) is 7.36. The second-order valence-corrected chi connectivity index (χ2v) is 11.0.